The van der Waals surface area contributed by atoms with Crippen molar-refractivity contribution in [2.75, 3.05) is 7.11 Å². The fourth-order valence-corrected chi connectivity index (χ4v) is 2.23. The zero-order valence-electron chi connectivity index (χ0n) is 11.9. The van der Waals surface area contributed by atoms with E-state index in [-0.39, 0.29) is 18.2 Å². The van der Waals surface area contributed by atoms with Gasteiger partial charge < -0.3 is 4.74 Å². The van der Waals surface area contributed by atoms with Crippen molar-refractivity contribution in [2.24, 2.45) is 0 Å². The zero-order chi connectivity index (χ0) is 15.4. The molecule has 2 aromatic carbocycles. The summed E-state index contributed by atoms with van der Waals surface area (Å²) in [5, 5.41) is 0.586. The van der Waals surface area contributed by atoms with Crippen molar-refractivity contribution in [3.63, 3.8) is 0 Å². The average molecular weight is 303 g/mol. The number of esters is 1. The topological polar surface area (TPSA) is 43.4 Å². The van der Waals surface area contributed by atoms with Crippen LogP contribution in [0, 0.1) is 6.92 Å². The van der Waals surface area contributed by atoms with E-state index in [1.54, 1.807) is 36.4 Å². The maximum atomic E-state index is 12.5. The predicted octanol–water partition coefficient (Wildman–Crippen LogP) is 3.59. The van der Waals surface area contributed by atoms with E-state index >= 15 is 0 Å². The first kappa shape index (κ1) is 15.3. The van der Waals surface area contributed by atoms with Crippen molar-refractivity contribution < 1.29 is 14.3 Å². The van der Waals surface area contributed by atoms with E-state index in [0.29, 0.717) is 16.1 Å². The minimum atomic E-state index is -0.325. The second-order valence-corrected chi connectivity index (χ2v) is 5.12. The third-order valence-electron chi connectivity index (χ3n) is 3.36. The van der Waals surface area contributed by atoms with Crippen LogP contribution < -0.4 is 0 Å². The van der Waals surface area contributed by atoms with E-state index < -0.39 is 0 Å². The van der Waals surface area contributed by atoms with Gasteiger partial charge in [-0.3, -0.25) is 9.59 Å². The van der Waals surface area contributed by atoms with Crippen LogP contribution in [-0.2, 0) is 16.0 Å². The molecule has 0 amide bonds. The largest absolute Gasteiger partial charge is 0.469 e. The van der Waals surface area contributed by atoms with Crippen LogP contribution in [0.4, 0.5) is 0 Å². The number of hydrogen-bond donors (Lipinski definition) is 0. The molecule has 0 saturated carbocycles. The maximum Gasteiger partial charge on any atom is 0.309 e. The molecule has 21 heavy (non-hydrogen) atoms. The molecule has 0 heterocycles. The second kappa shape index (κ2) is 6.55. The van der Waals surface area contributed by atoms with Gasteiger partial charge in [-0.15, -0.1) is 0 Å². The molecule has 0 aliphatic rings. The van der Waals surface area contributed by atoms with Gasteiger partial charge in [0.15, 0.2) is 5.78 Å². The van der Waals surface area contributed by atoms with Gasteiger partial charge in [0, 0.05) is 16.1 Å². The number of carbonyl (C=O) groups is 2. The lowest BCUT2D eigenvalue weighted by Crippen LogP contribution is -2.09. The average Bonchev–Trinajstić information content (AvgIpc) is 2.49. The number of rotatable bonds is 4. The first-order chi connectivity index (χ1) is 10.0. The van der Waals surface area contributed by atoms with Crippen LogP contribution in [0.5, 0.6) is 0 Å². The quantitative estimate of drug-likeness (QED) is 0.640. The van der Waals surface area contributed by atoms with Gasteiger partial charge in [-0.1, -0.05) is 29.8 Å². The highest BCUT2D eigenvalue weighted by molar-refractivity contribution is 6.30. The van der Waals surface area contributed by atoms with Gasteiger partial charge in [-0.05, 0) is 42.3 Å². The Kier molecular flexibility index (Phi) is 4.76. The Morgan fingerprint density at radius 1 is 1.10 bits per heavy atom. The van der Waals surface area contributed by atoms with Crippen molar-refractivity contribution in [1.82, 2.24) is 0 Å². The first-order valence-electron chi connectivity index (χ1n) is 6.48. The summed E-state index contributed by atoms with van der Waals surface area (Å²) in [6.45, 7) is 1.83. The molecule has 0 saturated heterocycles. The molecule has 0 aliphatic carbocycles. The number of hydrogen-bond acceptors (Lipinski definition) is 3. The van der Waals surface area contributed by atoms with Gasteiger partial charge in [-0.25, -0.2) is 0 Å². The molecule has 0 atom stereocenters. The molecule has 0 fully saturated rings. The molecule has 3 nitrogen and oxygen atoms in total. The summed E-state index contributed by atoms with van der Waals surface area (Å²) in [4.78, 5) is 23.9. The molecule has 108 valence electrons. The van der Waals surface area contributed by atoms with Crippen molar-refractivity contribution >= 4 is 23.4 Å². The summed E-state index contributed by atoms with van der Waals surface area (Å²) in [6.07, 6.45) is 0.157. The fourth-order valence-electron chi connectivity index (χ4n) is 2.11. The van der Waals surface area contributed by atoms with E-state index in [9.17, 15) is 9.59 Å². The minimum absolute atomic E-state index is 0.0871. The van der Waals surface area contributed by atoms with Crippen LogP contribution in [0.2, 0.25) is 5.02 Å². The normalized spacial score (nSPS) is 10.2. The lowest BCUT2D eigenvalue weighted by atomic mass is 9.94. The molecule has 2 rings (SSSR count). The summed E-state index contributed by atoms with van der Waals surface area (Å²) < 4.78 is 4.67. The summed E-state index contributed by atoms with van der Waals surface area (Å²) in [5.41, 5.74) is 2.74. The van der Waals surface area contributed by atoms with Crippen molar-refractivity contribution in [1.29, 1.82) is 0 Å². The predicted molar refractivity (Wildman–Crippen MR) is 81.8 cm³/mol. The summed E-state index contributed by atoms with van der Waals surface area (Å²) in [7, 11) is 1.35. The van der Waals surface area contributed by atoms with Gasteiger partial charge in [0.1, 0.15) is 0 Å². The molecule has 4 heteroatoms. The van der Waals surface area contributed by atoms with E-state index in [1.807, 2.05) is 13.0 Å². The Hall–Kier alpha value is -2.13. The van der Waals surface area contributed by atoms with Crippen LogP contribution in [-0.4, -0.2) is 18.9 Å². The van der Waals surface area contributed by atoms with Gasteiger partial charge in [0.25, 0.3) is 0 Å². The summed E-state index contributed by atoms with van der Waals surface area (Å²) >= 11 is 5.83. The Balaban J connectivity index is 2.35. The smallest absolute Gasteiger partial charge is 0.309 e. The number of halogens is 1. The molecular weight excluding hydrogens is 288 g/mol. The van der Waals surface area contributed by atoms with Crippen molar-refractivity contribution in [3.05, 3.63) is 69.7 Å². The molecule has 0 aliphatic heterocycles. The molecular formula is C17H15ClO3. The van der Waals surface area contributed by atoms with Gasteiger partial charge in [-0.2, -0.15) is 0 Å². The van der Waals surface area contributed by atoms with Crippen LogP contribution in [0.15, 0.2) is 42.5 Å². The molecule has 0 unspecified atom stereocenters. The highest BCUT2D eigenvalue weighted by Gasteiger charge is 2.15. The van der Waals surface area contributed by atoms with Gasteiger partial charge in [0.05, 0.1) is 13.5 Å². The number of ether oxygens (including phenoxy) is 1. The molecule has 0 bridgehead atoms. The molecule has 0 spiro atoms. The lowest BCUT2D eigenvalue weighted by molar-refractivity contribution is -0.139. The highest BCUT2D eigenvalue weighted by atomic mass is 35.5. The van der Waals surface area contributed by atoms with Crippen molar-refractivity contribution in [3.8, 4) is 0 Å². The monoisotopic (exact) mass is 302 g/mol. The number of carbonyl (C=O) groups excluding carboxylic acids is 2. The Bertz CT molecular complexity index is 675. The van der Waals surface area contributed by atoms with E-state index in [2.05, 4.69) is 4.74 Å². The molecule has 2 aromatic rings. The van der Waals surface area contributed by atoms with Crippen LogP contribution in [0.1, 0.15) is 27.0 Å². The van der Waals surface area contributed by atoms with Crippen molar-refractivity contribution in [2.45, 2.75) is 13.3 Å². The summed E-state index contributed by atoms with van der Waals surface area (Å²) in [6, 6.07) is 12.1. The molecule has 0 aromatic heterocycles. The lowest BCUT2D eigenvalue weighted by Gasteiger charge is -2.10. The molecule has 0 radical (unpaired) electrons. The number of methoxy groups -OCH3 is 1. The van der Waals surface area contributed by atoms with Crippen LogP contribution in [0.3, 0.4) is 0 Å². The van der Waals surface area contributed by atoms with E-state index in [0.717, 1.165) is 11.1 Å². The molecule has 0 N–H and O–H groups in total. The standard InChI is InChI=1S/C17H15ClO3/c1-11-13(10-16(19)21-2)4-3-5-15(11)17(20)12-6-8-14(18)9-7-12/h3-9H,10H2,1-2H3. The summed E-state index contributed by atoms with van der Waals surface area (Å²) in [5.74, 6) is -0.412. The highest BCUT2D eigenvalue weighted by Crippen LogP contribution is 2.20. The number of ketones is 1. The fraction of sp³-hybridized carbons (Fsp3) is 0.176. The first-order valence-corrected chi connectivity index (χ1v) is 6.86. The third kappa shape index (κ3) is 3.50. The van der Waals surface area contributed by atoms with E-state index in [4.69, 9.17) is 11.6 Å². The Labute approximate surface area is 128 Å². The Morgan fingerprint density at radius 3 is 2.38 bits per heavy atom. The van der Waals surface area contributed by atoms with Crippen LogP contribution >= 0.6 is 11.6 Å². The SMILES string of the molecule is COC(=O)Cc1cccc(C(=O)c2ccc(Cl)cc2)c1C. The number of benzene rings is 2. The second-order valence-electron chi connectivity index (χ2n) is 4.68. The van der Waals surface area contributed by atoms with E-state index in [1.165, 1.54) is 7.11 Å². The Morgan fingerprint density at radius 2 is 1.76 bits per heavy atom. The zero-order valence-corrected chi connectivity index (χ0v) is 12.6. The minimum Gasteiger partial charge on any atom is -0.469 e. The van der Waals surface area contributed by atoms with Gasteiger partial charge >= 0.3 is 5.97 Å². The third-order valence-corrected chi connectivity index (χ3v) is 3.61. The maximum absolute atomic E-state index is 12.5. The van der Waals surface area contributed by atoms with Gasteiger partial charge in [0.2, 0.25) is 0 Å². The van der Waals surface area contributed by atoms with Crippen LogP contribution in [0.25, 0.3) is 0 Å².